The van der Waals surface area contributed by atoms with E-state index in [1.807, 2.05) is 12.1 Å². The molecule has 1 aliphatic carbocycles. The molecule has 0 aromatic heterocycles. The van der Waals surface area contributed by atoms with Crippen molar-refractivity contribution < 1.29 is 14.4 Å². The second kappa shape index (κ2) is 12.2. The molecule has 2 amide bonds. The Morgan fingerprint density at radius 2 is 1.72 bits per heavy atom. The summed E-state index contributed by atoms with van der Waals surface area (Å²) in [4.78, 5) is 34.8. The third-order valence-electron chi connectivity index (χ3n) is 5.20. The average Bonchev–Trinajstić information content (AvgIpc) is 2.71. The quantitative estimate of drug-likeness (QED) is 0.270. The monoisotopic (exact) mass is 529 g/mol. The Hall–Kier alpha value is -1.55. The summed E-state index contributed by atoms with van der Waals surface area (Å²) in [5, 5.41) is 9.49. The minimum absolute atomic E-state index is 0.0679. The second-order valence-corrected chi connectivity index (χ2v) is 8.98. The molecule has 158 valence electrons. The molecule has 0 heterocycles. The maximum atomic E-state index is 12.2. The molecule has 1 saturated carbocycles. The smallest absolute Gasteiger partial charge is 0.229 e. The highest BCUT2D eigenvalue weighted by atomic mass is 127. The number of amides is 2. The molecule has 2 rings (SSSR count). The molecule has 0 saturated heterocycles. The molecular weight excluding hydrogens is 501 g/mol. The lowest BCUT2D eigenvalue weighted by Crippen LogP contribution is -2.39. The molecule has 0 atom stereocenters. The summed E-state index contributed by atoms with van der Waals surface area (Å²) in [5.41, 5.74) is 2.25. The summed E-state index contributed by atoms with van der Waals surface area (Å²) in [7, 11) is 0. The second-order valence-electron chi connectivity index (χ2n) is 7.37. The number of hydrogen-bond acceptors (Lipinski definition) is 4. The van der Waals surface area contributed by atoms with Gasteiger partial charge in [-0.2, -0.15) is 0 Å². The van der Waals surface area contributed by atoms with Crippen LogP contribution < -0.4 is 16.0 Å². The number of halogens is 1. The molecule has 0 spiro atoms. The molecule has 8 heteroatoms. The van der Waals surface area contributed by atoms with Crippen molar-refractivity contribution in [3.8, 4) is 0 Å². The van der Waals surface area contributed by atoms with Crippen LogP contribution in [-0.2, 0) is 20.8 Å². The van der Waals surface area contributed by atoms with E-state index < -0.39 is 0 Å². The molecule has 0 radical (unpaired) electrons. The van der Waals surface area contributed by atoms with Crippen LogP contribution in [0.4, 0.5) is 5.69 Å². The van der Waals surface area contributed by atoms with Gasteiger partial charge in [-0.25, -0.2) is 0 Å². The molecule has 1 aromatic carbocycles. The maximum absolute atomic E-state index is 12.2. The zero-order chi connectivity index (χ0) is 21.2. The van der Waals surface area contributed by atoms with Gasteiger partial charge in [-0.15, -0.1) is 0 Å². The summed E-state index contributed by atoms with van der Waals surface area (Å²) in [6, 6.07) is 8.21. The summed E-state index contributed by atoms with van der Waals surface area (Å²) >= 11 is 7.03. The predicted molar refractivity (Wildman–Crippen MR) is 127 cm³/mol. The van der Waals surface area contributed by atoms with Crippen molar-refractivity contribution >= 4 is 61.2 Å². The number of anilines is 1. The standard InChI is InChI=1S/C21H28IN3O3S/c1-2-14-5-9-17(10-6-14)24-21(29)23-13-15-3-7-16(8-4-15)20(28)25-19(27)12-11-18(22)26/h5-6,9-10,15-16H,2-4,7-8,11-13H2,1H3,(H2,23,24,29)(H,25,27,28). The fraction of sp³-hybridized carbons (Fsp3) is 0.524. The molecule has 1 aliphatic rings. The van der Waals surface area contributed by atoms with Gasteiger partial charge < -0.3 is 10.6 Å². The lowest BCUT2D eigenvalue weighted by Gasteiger charge is -2.28. The van der Waals surface area contributed by atoms with E-state index in [4.69, 9.17) is 12.2 Å². The van der Waals surface area contributed by atoms with Gasteiger partial charge in [0.1, 0.15) is 0 Å². The van der Waals surface area contributed by atoms with E-state index >= 15 is 0 Å². The van der Waals surface area contributed by atoms with Crippen LogP contribution >= 0.6 is 34.8 Å². The predicted octanol–water partition coefficient (Wildman–Crippen LogP) is 3.73. The highest BCUT2D eigenvalue weighted by Crippen LogP contribution is 2.28. The van der Waals surface area contributed by atoms with Gasteiger partial charge in [0.15, 0.2) is 8.90 Å². The Kier molecular flexibility index (Phi) is 9.99. The number of thiocarbonyl (C=S) groups is 1. The topological polar surface area (TPSA) is 87.3 Å². The fourth-order valence-electron chi connectivity index (χ4n) is 3.38. The van der Waals surface area contributed by atoms with Crippen LogP contribution in [0.1, 0.15) is 51.0 Å². The van der Waals surface area contributed by atoms with Crippen LogP contribution in [0, 0.1) is 11.8 Å². The molecule has 1 aromatic rings. The first-order valence-corrected chi connectivity index (χ1v) is 11.5. The summed E-state index contributed by atoms with van der Waals surface area (Å²) < 4.78 is -0.0800. The molecule has 0 bridgehead atoms. The largest absolute Gasteiger partial charge is 0.362 e. The van der Waals surface area contributed by atoms with Gasteiger partial charge >= 0.3 is 0 Å². The van der Waals surface area contributed by atoms with Crippen LogP contribution in [0.5, 0.6) is 0 Å². The van der Waals surface area contributed by atoms with Crippen LogP contribution in [-0.4, -0.2) is 27.3 Å². The van der Waals surface area contributed by atoms with E-state index in [2.05, 4.69) is 35.0 Å². The average molecular weight is 529 g/mol. The fourth-order valence-corrected chi connectivity index (χ4v) is 3.85. The van der Waals surface area contributed by atoms with Crippen molar-refractivity contribution in [1.82, 2.24) is 10.6 Å². The summed E-state index contributed by atoms with van der Waals surface area (Å²) in [6.45, 7) is 2.89. The van der Waals surface area contributed by atoms with E-state index in [9.17, 15) is 14.4 Å². The van der Waals surface area contributed by atoms with Gasteiger partial charge in [0, 0.05) is 31.0 Å². The highest BCUT2D eigenvalue weighted by molar-refractivity contribution is 14.1. The number of benzene rings is 1. The van der Waals surface area contributed by atoms with Crippen molar-refractivity contribution in [3.05, 3.63) is 29.8 Å². The zero-order valence-electron chi connectivity index (χ0n) is 16.6. The molecule has 0 unspecified atom stereocenters. The van der Waals surface area contributed by atoms with Gasteiger partial charge in [0.25, 0.3) is 0 Å². The summed E-state index contributed by atoms with van der Waals surface area (Å²) in [6.07, 6.45) is 4.59. The lowest BCUT2D eigenvalue weighted by atomic mass is 9.81. The van der Waals surface area contributed by atoms with Gasteiger partial charge in [-0.05, 0) is 90.5 Å². The Labute approximate surface area is 191 Å². The SMILES string of the molecule is CCc1ccc(NC(=S)NCC2CCC(C(=O)NC(=O)CCC(=O)I)CC2)cc1. The van der Waals surface area contributed by atoms with Crippen molar-refractivity contribution in [2.45, 2.75) is 51.9 Å². The van der Waals surface area contributed by atoms with Crippen LogP contribution in [0.2, 0.25) is 0 Å². The Morgan fingerprint density at radius 1 is 1.07 bits per heavy atom. The highest BCUT2D eigenvalue weighted by Gasteiger charge is 2.27. The van der Waals surface area contributed by atoms with Crippen molar-refractivity contribution in [1.29, 1.82) is 0 Å². The first kappa shape index (κ1) is 23.7. The van der Waals surface area contributed by atoms with Crippen LogP contribution in [0.3, 0.4) is 0 Å². The number of nitrogens with one attached hydrogen (secondary N) is 3. The van der Waals surface area contributed by atoms with Gasteiger partial charge in [0.2, 0.25) is 11.8 Å². The third-order valence-corrected chi connectivity index (χ3v) is 5.99. The zero-order valence-corrected chi connectivity index (χ0v) is 19.6. The molecule has 29 heavy (non-hydrogen) atoms. The summed E-state index contributed by atoms with van der Waals surface area (Å²) in [5.74, 6) is -0.261. The number of carbonyl (C=O) groups is 3. The number of aryl methyl sites for hydroxylation is 1. The van der Waals surface area contributed by atoms with E-state index in [-0.39, 0.29) is 34.4 Å². The van der Waals surface area contributed by atoms with Gasteiger partial charge in [0.05, 0.1) is 0 Å². The van der Waals surface area contributed by atoms with Crippen LogP contribution in [0.15, 0.2) is 24.3 Å². The normalized spacial score (nSPS) is 18.6. The number of imide groups is 1. The molecule has 3 N–H and O–H groups in total. The van der Waals surface area contributed by atoms with Gasteiger partial charge in [-0.3, -0.25) is 19.7 Å². The number of hydrogen-bond donors (Lipinski definition) is 3. The minimum atomic E-state index is -0.368. The Balaban J connectivity index is 1.65. The van der Waals surface area contributed by atoms with E-state index in [1.54, 1.807) is 22.6 Å². The van der Waals surface area contributed by atoms with Crippen molar-refractivity contribution in [2.24, 2.45) is 11.8 Å². The van der Waals surface area contributed by atoms with E-state index in [1.165, 1.54) is 5.56 Å². The molecule has 1 fully saturated rings. The molecular formula is C21H28IN3O3S. The third kappa shape index (κ3) is 8.77. The maximum Gasteiger partial charge on any atom is 0.229 e. The van der Waals surface area contributed by atoms with Crippen LogP contribution in [0.25, 0.3) is 0 Å². The van der Waals surface area contributed by atoms with E-state index in [0.717, 1.165) is 44.3 Å². The Morgan fingerprint density at radius 3 is 2.31 bits per heavy atom. The number of carbonyl (C=O) groups excluding carboxylic acids is 3. The minimum Gasteiger partial charge on any atom is -0.362 e. The van der Waals surface area contributed by atoms with Crippen molar-refractivity contribution in [3.63, 3.8) is 0 Å². The van der Waals surface area contributed by atoms with E-state index in [0.29, 0.717) is 11.0 Å². The first-order valence-electron chi connectivity index (χ1n) is 10.0. The number of rotatable bonds is 8. The lowest BCUT2D eigenvalue weighted by molar-refractivity contribution is -0.134. The molecule has 0 aliphatic heterocycles. The van der Waals surface area contributed by atoms with Crippen molar-refractivity contribution in [2.75, 3.05) is 11.9 Å². The van der Waals surface area contributed by atoms with Gasteiger partial charge in [-0.1, -0.05) is 19.1 Å². The first-order chi connectivity index (χ1) is 13.9. The molecule has 6 nitrogen and oxygen atoms in total. The Bertz CT molecular complexity index is 731.